The normalized spacial score (nSPS) is 24.4. The quantitative estimate of drug-likeness (QED) is 0.252. The average molecular weight is 453 g/mol. The number of fused-ring (bicyclic) bond motifs is 1. The third-order valence-corrected chi connectivity index (χ3v) is 7.14. The molecule has 0 saturated heterocycles. The number of carbonyl (C=O) groups excluding carboxylic acids is 1. The molecule has 2 saturated carbocycles. The fourth-order valence-corrected chi connectivity index (χ4v) is 5.38. The van der Waals surface area contributed by atoms with Gasteiger partial charge in [0.15, 0.2) is 11.6 Å². The molecular formula is C28H30F2O3. The number of rotatable bonds is 7. The molecule has 5 heteroatoms. The van der Waals surface area contributed by atoms with E-state index in [0.717, 1.165) is 25.3 Å². The molecule has 4 unspecified atom stereocenters. The van der Waals surface area contributed by atoms with E-state index in [-0.39, 0.29) is 23.8 Å². The van der Waals surface area contributed by atoms with Gasteiger partial charge in [0.1, 0.15) is 18.2 Å². The van der Waals surface area contributed by atoms with Crippen LogP contribution in [0.5, 0.6) is 11.5 Å². The number of hydrogen-bond acceptors (Lipinski definition) is 3. The van der Waals surface area contributed by atoms with E-state index in [0.29, 0.717) is 29.1 Å². The Morgan fingerprint density at radius 1 is 0.970 bits per heavy atom. The molecule has 3 nitrogen and oxygen atoms in total. The Kier molecular flexibility index (Phi) is 7.26. The molecule has 0 radical (unpaired) electrons. The second kappa shape index (κ2) is 10.3. The zero-order chi connectivity index (χ0) is 23.4. The first kappa shape index (κ1) is 23.2. The molecule has 0 aromatic heterocycles. The lowest BCUT2D eigenvalue weighted by Crippen LogP contribution is -2.30. The molecule has 174 valence electrons. The second-order valence-corrected chi connectivity index (χ2v) is 9.16. The van der Waals surface area contributed by atoms with E-state index in [1.807, 2.05) is 0 Å². The Morgan fingerprint density at radius 3 is 2.48 bits per heavy atom. The molecule has 0 N–H and O–H groups in total. The maximum atomic E-state index is 15.0. The van der Waals surface area contributed by atoms with E-state index in [1.165, 1.54) is 37.5 Å². The SMILES string of the molecule is C=CCOc1ccc(OC(=O)c2ccc(C3CCC4CC(C=C)CCC4C3)c(F)c2)c(F)c1. The van der Waals surface area contributed by atoms with Crippen LogP contribution < -0.4 is 9.47 Å². The Bertz CT molecular complexity index is 1030. The van der Waals surface area contributed by atoms with Gasteiger partial charge in [-0.05, 0) is 92.0 Å². The minimum absolute atomic E-state index is 0.0582. The molecule has 0 heterocycles. The van der Waals surface area contributed by atoms with Gasteiger partial charge in [-0.15, -0.1) is 6.58 Å². The van der Waals surface area contributed by atoms with Crippen LogP contribution in [-0.4, -0.2) is 12.6 Å². The van der Waals surface area contributed by atoms with Crippen LogP contribution in [0, 0.1) is 29.4 Å². The van der Waals surface area contributed by atoms with Crippen LogP contribution in [0.15, 0.2) is 61.7 Å². The number of esters is 1. The van der Waals surface area contributed by atoms with E-state index in [9.17, 15) is 9.18 Å². The van der Waals surface area contributed by atoms with Crippen LogP contribution in [0.3, 0.4) is 0 Å². The maximum Gasteiger partial charge on any atom is 0.343 e. The summed E-state index contributed by atoms with van der Waals surface area (Å²) in [6.45, 7) is 7.72. The average Bonchev–Trinajstić information content (AvgIpc) is 2.83. The summed E-state index contributed by atoms with van der Waals surface area (Å²) >= 11 is 0. The van der Waals surface area contributed by atoms with Crippen LogP contribution in [0.4, 0.5) is 8.78 Å². The van der Waals surface area contributed by atoms with Crippen LogP contribution >= 0.6 is 0 Å². The van der Waals surface area contributed by atoms with Crippen molar-refractivity contribution < 1.29 is 23.0 Å². The molecule has 4 rings (SSSR count). The third kappa shape index (κ3) is 5.35. The van der Waals surface area contributed by atoms with Crippen molar-refractivity contribution in [2.45, 2.75) is 44.4 Å². The number of allylic oxidation sites excluding steroid dienone is 1. The van der Waals surface area contributed by atoms with Gasteiger partial charge in [0, 0.05) is 6.07 Å². The molecule has 0 bridgehead atoms. The molecule has 0 aliphatic heterocycles. The first-order valence-corrected chi connectivity index (χ1v) is 11.7. The first-order valence-electron chi connectivity index (χ1n) is 11.7. The zero-order valence-corrected chi connectivity index (χ0v) is 18.8. The number of halogens is 2. The van der Waals surface area contributed by atoms with E-state index in [4.69, 9.17) is 9.47 Å². The first-order chi connectivity index (χ1) is 16.0. The van der Waals surface area contributed by atoms with Gasteiger partial charge in [0.05, 0.1) is 5.56 Å². The van der Waals surface area contributed by atoms with Gasteiger partial charge < -0.3 is 9.47 Å². The minimum atomic E-state index is -0.800. The standard InChI is InChI=1S/C28H30F2O3/c1-3-13-32-23-10-12-27(26(30)17-23)33-28(31)22-9-11-24(25(29)16-22)21-8-7-19-14-18(4-2)5-6-20(19)15-21/h3-4,9-12,16-21H,1-2,5-8,13-15H2. The lowest BCUT2D eigenvalue weighted by molar-refractivity contribution is 0.0727. The maximum absolute atomic E-state index is 15.0. The summed E-state index contributed by atoms with van der Waals surface area (Å²) in [7, 11) is 0. The van der Waals surface area contributed by atoms with Gasteiger partial charge in [-0.2, -0.15) is 0 Å². The fraction of sp³-hybridized carbons (Fsp3) is 0.393. The topological polar surface area (TPSA) is 35.5 Å². The highest BCUT2D eigenvalue weighted by molar-refractivity contribution is 5.91. The van der Waals surface area contributed by atoms with Crippen LogP contribution in [-0.2, 0) is 0 Å². The Morgan fingerprint density at radius 2 is 1.76 bits per heavy atom. The van der Waals surface area contributed by atoms with Crippen molar-refractivity contribution in [1.29, 1.82) is 0 Å². The highest BCUT2D eigenvalue weighted by atomic mass is 19.1. The summed E-state index contributed by atoms with van der Waals surface area (Å²) in [5, 5.41) is 0. The molecule has 2 aliphatic carbocycles. The molecule has 4 atom stereocenters. The van der Waals surface area contributed by atoms with Gasteiger partial charge in [0.25, 0.3) is 0 Å². The van der Waals surface area contributed by atoms with Crippen molar-refractivity contribution in [3.05, 3.63) is 84.5 Å². The monoisotopic (exact) mass is 452 g/mol. The summed E-state index contributed by atoms with van der Waals surface area (Å²) < 4.78 is 39.7. The molecule has 2 aliphatic rings. The molecule has 0 amide bonds. The van der Waals surface area contributed by atoms with Gasteiger partial charge in [-0.1, -0.05) is 24.8 Å². The Hall–Kier alpha value is -2.95. The van der Waals surface area contributed by atoms with Gasteiger partial charge in [0.2, 0.25) is 0 Å². The van der Waals surface area contributed by atoms with Crippen molar-refractivity contribution in [2.75, 3.05) is 6.61 Å². The summed E-state index contributed by atoms with van der Waals surface area (Å²) in [5.74, 6) is 0.253. The van der Waals surface area contributed by atoms with Crippen LogP contribution in [0.2, 0.25) is 0 Å². The molecule has 2 aromatic rings. The highest BCUT2D eigenvalue weighted by Gasteiger charge is 2.36. The third-order valence-electron chi connectivity index (χ3n) is 7.14. The van der Waals surface area contributed by atoms with Crippen molar-refractivity contribution in [2.24, 2.45) is 17.8 Å². The number of hydrogen-bond donors (Lipinski definition) is 0. The molecule has 0 spiro atoms. The summed E-state index contributed by atoms with van der Waals surface area (Å²) in [6, 6.07) is 8.41. The largest absolute Gasteiger partial charge is 0.489 e. The smallest absolute Gasteiger partial charge is 0.343 e. The van der Waals surface area contributed by atoms with Crippen molar-refractivity contribution in [3.8, 4) is 11.5 Å². The summed E-state index contributed by atoms with van der Waals surface area (Å²) in [4.78, 5) is 12.5. The fourth-order valence-electron chi connectivity index (χ4n) is 5.38. The second-order valence-electron chi connectivity index (χ2n) is 9.16. The zero-order valence-electron chi connectivity index (χ0n) is 18.8. The lowest BCUT2D eigenvalue weighted by atomic mass is 9.64. The molecular weight excluding hydrogens is 422 g/mol. The van der Waals surface area contributed by atoms with E-state index < -0.39 is 17.6 Å². The van der Waals surface area contributed by atoms with Crippen molar-refractivity contribution in [1.82, 2.24) is 0 Å². The number of carbonyl (C=O) groups is 1. The van der Waals surface area contributed by atoms with Crippen LogP contribution in [0.1, 0.15) is 60.4 Å². The van der Waals surface area contributed by atoms with Crippen molar-refractivity contribution >= 4 is 5.97 Å². The predicted molar refractivity (Wildman–Crippen MR) is 125 cm³/mol. The molecule has 33 heavy (non-hydrogen) atoms. The van der Waals surface area contributed by atoms with Gasteiger partial charge in [-0.25, -0.2) is 13.6 Å². The lowest BCUT2D eigenvalue weighted by Gasteiger charge is -2.41. The number of benzene rings is 2. The van der Waals surface area contributed by atoms with Gasteiger partial charge >= 0.3 is 5.97 Å². The molecule has 2 fully saturated rings. The van der Waals surface area contributed by atoms with E-state index in [2.05, 4.69) is 19.2 Å². The summed E-state index contributed by atoms with van der Waals surface area (Å²) in [5.41, 5.74) is 0.716. The highest BCUT2D eigenvalue weighted by Crippen LogP contribution is 2.48. The van der Waals surface area contributed by atoms with Crippen LogP contribution in [0.25, 0.3) is 0 Å². The Balaban J connectivity index is 1.41. The molecule has 2 aromatic carbocycles. The van der Waals surface area contributed by atoms with E-state index in [1.54, 1.807) is 18.2 Å². The predicted octanol–water partition coefficient (Wildman–Crippen LogP) is 7.23. The van der Waals surface area contributed by atoms with Gasteiger partial charge in [-0.3, -0.25) is 0 Å². The van der Waals surface area contributed by atoms with Crippen molar-refractivity contribution in [3.63, 3.8) is 0 Å². The van der Waals surface area contributed by atoms with E-state index >= 15 is 4.39 Å². The Labute approximate surface area is 194 Å². The number of ether oxygens (including phenoxy) is 2. The summed E-state index contributed by atoms with van der Waals surface area (Å²) in [6.07, 6.45) is 10.2. The minimum Gasteiger partial charge on any atom is -0.489 e.